The number of aryl methyl sites for hydroxylation is 2. The summed E-state index contributed by atoms with van der Waals surface area (Å²) in [5.74, 6) is -0.380. The third-order valence-corrected chi connectivity index (χ3v) is 5.39. The fraction of sp³-hybridized carbons (Fsp3) is 0.588. The molecule has 0 bridgehead atoms. The van der Waals surface area contributed by atoms with Crippen LogP contribution in [0.4, 0.5) is 13.2 Å². The van der Waals surface area contributed by atoms with Crippen molar-refractivity contribution in [1.82, 2.24) is 24.9 Å². The number of alkyl halides is 3. The number of halogens is 4. The molecule has 1 unspecified atom stereocenters. The van der Waals surface area contributed by atoms with Crippen LogP contribution in [0.5, 0.6) is 0 Å². The van der Waals surface area contributed by atoms with Gasteiger partial charge in [0.15, 0.2) is 5.69 Å². The molecule has 6 nitrogen and oxygen atoms in total. The minimum atomic E-state index is -4.57. The summed E-state index contributed by atoms with van der Waals surface area (Å²) >= 11 is 3.03. The van der Waals surface area contributed by atoms with Crippen LogP contribution < -0.4 is 5.32 Å². The van der Waals surface area contributed by atoms with Gasteiger partial charge in [0, 0.05) is 24.2 Å². The maximum atomic E-state index is 13.2. The fourth-order valence-corrected chi connectivity index (χ4v) is 3.96. The number of carbonyl (C=O) groups is 1. The van der Waals surface area contributed by atoms with Gasteiger partial charge in [0.05, 0.1) is 21.9 Å². The highest BCUT2D eigenvalue weighted by Gasteiger charge is 2.42. The number of rotatable bonds is 6. The molecule has 0 aromatic carbocycles. The highest BCUT2D eigenvalue weighted by molar-refractivity contribution is 9.10. The lowest BCUT2D eigenvalue weighted by molar-refractivity contribution is -0.142. The molecule has 1 atom stereocenters. The van der Waals surface area contributed by atoms with Gasteiger partial charge in [-0.1, -0.05) is 0 Å². The van der Waals surface area contributed by atoms with Crippen LogP contribution in [0.3, 0.4) is 0 Å². The Labute approximate surface area is 163 Å². The van der Waals surface area contributed by atoms with Crippen LogP contribution in [0.1, 0.15) is 61.3 Å². The summed E-state index contributed by atoms with van der Waals surface area (Å²) in [6, 6.07) is -0.303. The van der Waals surface area contributed by atoms with Crippen molar-refractivity contribution < 1.29 is 18.0 Å². The van der Waals surface area contributed by atoms with Gasteiger partial charge in [-0.05, 0) is 49.5 Å². The average molecular weight is 448 g/mol. The van der Waals surface area contributed by atoms with Gasteiger partial charge in [0.1, 0.15) is 6.54 Å². The maximum Gasteiger partial charge on any atom is 0.436 e. The molecule has 3 rings (SSSR count). The third-order valence-electron chi connectivity index (χ3n) is 4.61. The number of aromatic nitrogens is 4. The van der Waals surface area contributed by atoms with Gasteiger partial charge in [0.2, 0.25) is 5.91 Å². The third kappa shape index (κ3) is 4.20. The van der Waals surface area contributed by atoms with Gasteiger partial charge >= 0.3 is 6.18 Å². The fourth-order valence-electron chi connectivity index (χ4n) is 3.12. The molecule has 1 N–H and O–H groups in total. The molecule has 0 aliphatic heterocycles. The lowest BCUT2D eigenvalue weighted by atomic mass is 10.1. The first kappa shape index (κ1) is 19.9. The van der Waals surface area contributed by atoms with Gasteiger partial charge in [-0.2, -0.15) is 23.4 Å². The van der Waals surface area contributed by atoms with Crippen molar-refractivity contribution in [2.75, 3.05) is 0 Å². The number of hydrogen-bond acceptors (Lipinski definition) is 3. The summed E-state index contributed by atoms with van der Waals surface area (Å²) in [4.78, 5) is 12.5. The van der Waals surface area contributed by atoms with Crippen LogP contribution in [0.25, 0.3) is 0 Å². The molecule has 1 amide bonds. The Morgan fingerprint density at radius 1 is 1.41 bits per heavy atom. The molecule has 0 saturated heterocycles. The van der Waals surface area contributed by atoms with Crippen molar-refractivity contribution in [1.29, 1.82) is 0 Å². The smallest absolute Gasteiger partial charge is 0.348 e. The number of hydrogen-bond donors (Lipinski definition) is 1. The van der Waals surface area contributed by atoms with Gasteiger partial charge in [0.25, 0.3) is 0 Å². The molecule has 1 aliphatic carbocycles. The van der Waals surface area contributed by atoms with Crippen LogP contribution in [0.2, 0.25) is 0 Å². The number of carbonyl (C=O) groups excluding carboxylic acids is 1. The molecule has 27 heavy (non-hydrogen) atoms. The summed E-state index contributed by atoms with van der Waals surface area (Å²) < 4.78 is 42.4. The van der Waals surface area contributed by atoms with Crippen LogP contribution in [0.15, 0.2) is 10.7 Å². The van der Waals surface area contributed by atoms with Crippen molar-refractivity contribution in [3.8, 4) is 0 Å². The van der Waals surface area contributed by atoms with Crippen LogP contribution in [-0.2, 0) is 24.1 Å². The van der Waals surface area contributed by atoms with Crippen LogP contribution in [-0.4, -0.2) is 25.5 Å². The van der Waals surface area contributed by atoms with Gasteiger partial charge in [-0.3, -0.25) is 14.2 Å². The zero-order chi connectivity index (χ0) is 19.9. The van der Waals surface area contributed by atoms with E-state index in [1.54, 1.807) is 4.68 Å². The second-order valence-corrected chi connectivity index (χ2v) is 7.59. The second kappa shape index (κ2) is 7.29. The highest BCUT2D eigenvalue weighted by Crippen LogP contribution is 2.46. The number of nitrogens with one attached hydrogen (secondary N) is 1. The molecule has 148 valence electrons. The number of nitrogens with zero attached hydrogens (tertiary/aromatic N) is 4. The molecule has 0 spiro atoms. The lowest BCUT2D eigenvalue weighted by Gasteiger charge is -2.14. The maximum absolute atomic E-state index is 13.2. The molecular weight excluding hydrogens is 427 g/mol. The molecule has 0 radical (unpaired) electrons. The second-order valence-electron chi connectivity index (χ2n) is 6.79. The van der Waals surface area contributed by atoms with E-state index in [-0.39, 0.29) is 23.0 Å². The first-order valence-electron chi connectivity index (χ1n) is 8.78. The Bertz CT molecular complexity index is 854. The Kier molecular flexibility index (Phi) is 5.38. The lowest BCUT2D eigenvalue weighted by Crippen LogP contribution is -2.31. The van der Waals surface area contributed by atoms with Crippen LogP contribution in [0, 0.1) is 6.92 Å². The van der Waals surface area contributed by atoms with Crippen LogP contribution >= 0.6 is 15.9 Å². The van der Waals surface area contributed by atoms with E-state index in [1.807, 2.05) is 27.0 Å². The predicted molar refractivity (Wildman–Crippen MR) is 96.1 cm³/mol. The van der Waals surface area contributed by atoms with E-state index in [0.29, 0.717) is 12.2 Å². The monoisotopic (exact) mass is 447 g/mol. The molecule has 2 heterocycles. The molecule has 1 fully saturated rings. The van der Waals surface area contributed by atoms with E-state index in [2.05, 4.69) is 31.4 Å². The highest BCUT2D eigenvalue weighted by atomic mass is 79.9. The summed E-state index contributed by atoms with van der Waals surface area (Å²) in [5, 5.41) is 10.8. The minimum absolute atomic E-state index is 0.0122. The van der Waals surface area contributed by atoms with E-state index in [1.165, 1.54) is 4.68 Å². The standard InChI is InChI=1S/C17H21BrF3N5O/c1-4-25-7-12(10(3)23-25)9(2)22-13(27)8-26-15(11-5-6-11)14(18)16(24-26)17(19,20)21/h7,9,11H,4-6,8H2,1-3H3,(H,22,27). The molecule has 1 saturated carbocycles. The Balaban J connectivity index is 1.77. The Morgan fingerprint density at radius 3 is 2.59 bits per heavy atom. The largest absolute Gasteiger partial charge is 0.436 e. The Hall–Kier alpha value is -1.84. The molecule has 2 aromatic rings. The van der Waals surface area contributed by atoms with Gasteiger partial charge in [-0.25, -0.2) is 0 Å². The van der Waals surface area contributed by atoms with E-state index in [9.17, 15) is 18.0 Å². The summed E-state index contributed by atoms with van der Waals surface area (Å²) in [5.41, 5.74) is 1.15. The normalized spacial score (nSPS) is 15.8. The quantitative estimate of drug-likeness (QED) is 0.728. The summed E-state index contributed by atoms with van der Waals surface area (Å²) in [6.45, 7) is 6.10. The molecule has 10 heteroatoms. The van der Waals surface area contributed by atoms with E-state index < -0.39 is 17.8 Å². The SMILES string of the molecule is CCn1cc(C(C)NC(=O)Cn2nc(C(F)(F)F)c(Br)c2C2CC2)c(C)n1. The first-order chi connectivity index (χ1) is 12.6. The van der Waals surface area contributed by atoms with E-state index in [0.717, 1.165) is 24.1 Å². The molecular formula is C17H21BrF3N5O. The van der Waals surface area contributed by atoms with Crippen molar-refractivity contribution in [3.05, 3.63) is 33.3 Å². The first-order valence-corrected chi connectivity index (χ1v) is 9.57. The van der Waals surface area contributed by atoms with Gasteiger partial charge < -0.3 is 5.32 Å². The average Bonchev–Trinajstić information content (AvgIpc) is 3.23. The van der Waals surface area contributed by atoms with E-state index >= 15 is 0 Å². The zero-order valence-electron chi connectivity index (χ0n) is 15.3. The Morgan fingerprint density at radius 2 is 2.07 bits per heavy atom. The van der Waals surface area contributed by atoms with Crippen molar-refractivity contribution in [3.63, 3.8) is 0 Å². The minimum Gasteiger partial charge on any atom is -0.348 e. The van der Waals surface area contributed by atoms with Crippen molar-refractivity contribution >= 4 is 21.8 Å². The summed E-state index contributed by atoms with van der Waals surface area (Å²) in [7, 11) is 0. The van der Waals surface area contributed by atoms with Crippen molar-refractivity contribution in [2.45, 2.75) is 64.8 Å². The van der Waals surface area contributed by atoms with Crippen molar-refractivity contribution in [2.24, 2.45) is 0 Å². The topological polar surface area (TPSA) is 64.7 Å². The predicted octanol–water partition coefficient (Wildman–Crippen LogP) is 3.94. The summed E-state index contributed by atoms with van der Waals surface area (Å²) in [6.07, 6.45) is -1.10. The zero-order valence-corrected chi connectivity index (χ0v) is 16.9. The van der Waals surface area contributed by atoms with Gasteiger partial charge in [-0.15, -0.1) is 0 Å². The number of amides is 1. The molecule has 2 aromatic heterocycles. The molecule has 1 aliphatic rings. The van der Waals surface area contributed by atoms with E-state index in [4.69, 9.17) is 0 Å².